The highest BCUT2D eigenvalue weighted by Crippen LogP contribution is 2.32. The molecule has 2 heterocycles. The van der Waals surface area contributed by atoms with Crippen molar-refractivity contribution >= 4 is 34.0 Å². The zero-order chi connectivity index (χ0) is 12.5. The number of fused-ring (bicyclic) bond motifs is 1. The number of halogens is 1. The quantitative estimate of drug-likeness (QED) is 0.780. The number of hydrogen-bond donors (Lipinski definition) is 1. The van der Waals surface area contributed by atoms with Crippen molar-refractivity contribution < 1.29 is 5.11 Å². The monoisotopic (exact) mass is 276 g/mol. The maximum Gasteiger partial charge on any atom is 0.133 e. The van der Waals surface area contributed by atoms with E-state index in [1.165, 1.54) is 11.3 Å². The lowest BCUT2D eigenvalue weighted by atomic mass is 10.2. The SMILES string of the molecule is OC(c1cnc2ccccc2n1)c1sccc1Cl. The van der Waals surface area contributed by atoms with Gasteiger partial charge in [0.05, 0.1) is 32.8 Å². The number of rotatable bonds is 2. The molecule has 1 aromatic carbocycles. The van der Waals surface area contributed by atoms with Gasteiger partial charge in [-0.15, -0.1) is 11.3 Å². The predicted molar refractivity (Wildman–Crippen MR) is 72.9 cm³/mol. The fourth-order valence-electron chi connectivity index (χ4n) is 1.74. The van der Waals surface area contributed by atoms with Crippen LogP contribution in [-0.4, -0.2) is 15.1 Å². The van der Waals surface area contributed by atoms with Gasteiger partial charge in [-0.1, -0.05) is 23.7 Å². The Balaban J connectivity index is 2.07. The second-order valence-corrected chi connectivity index (χ2v) is 5.17. The van der Waals surface area contributed by atoms with E-state index in [4.69, 9.17) is 11.6 Å². The lowest BCUT2D eigenvalue weighted by molar-refractivity contribution is 0.219. The summed E-state index contributed by atoms with van der Waals surface area (Å²) >= 11 is 7.41. The Morgan fingerprint density at radius 1 is 1.17 bits per heavy atom. The first-order chi connectivity index (χ1) is 8.75. The predicted octanol–water partition coefficient (Wildman–Crippen LogP) is 3.43. The molecule has 0 saturated carbocycles. The van der Waals surface area contributed by atoms with Gasteiger partial charge in [-0.2, -0.15) is 0 Å². The number of benzene rings is 1. The van der Waals surface area contributed by atoms with Crippen LogP contribution in [0.4, 0.5) is 0 Å². The van der Waals surface area contributed by atoms with E-state index in [-0.39, 0.29) is 0 Å². The molecule has 1 unspecified atom stereocenters. The minimum Gasteiger partial charge on any atom is -0.381 e. The second kappa shape index (κ2) is 4.65. The number of aromatic nitrogens is 2. The van der Waals surface area contributed by atoms with Gasteiger partial charge in [0.25, 0.3) is 0 Å². The lowest BCUT2D eigenvalue weighted by Gasteiger charge is -2.09. The first kappa shape index (κ1) is 11.6. The van der Waals surface area contributed by atoms with Gasteiger partial charge in [0.15, 0.2) is 0 Å². The van der Waals surface area contributed by atoms with Crippen LogP contribution in [0.15, 0.2) is 41.9 Å². The Bertz CT molecular complexity index is 698. The molecule has 3 aromatic rings. The summed E-state index contributed by atoms with van der Waals surface area (Å²) in [6.07, 6.45) is 0.762. The molecule has 3 nitrogen and oxygen atoms in total. The van der Waals surface area contributed by atoms with Gasteiger partial charge >= 0.3 is 0 Å². The topological polar surface area (TPSA) is 46.0 Å². The van der Waals surface area contributed by atoms with E-state index >= 15 is 0 Å². The van der Waals surface area contributed by atoms with Crippen LogP contribution in [0.5, 0.6) is 0 Å². The van der Waals surface area contributed by atoms with Crippen molar-refractivity contribution in [2.75, 3.05) is 0 Å². The van der Waals surface area contributed by atoms with Crippen LogP contribution < -0.4 is 0 Å². The standard InChI is InChI=1S/C13H9ClN2OS/c14-8-5-6-18-13(8)12(17)11-7-15-9-3-1-2-4-10(9)16-11/h1-7,12,17H. The highest BCUT2D eigenvalue weighted by Gasteiger charge is 2.17. The zero-order valence-electron chi connectivity index (χ0n) is 9.25. The van der Waals surface area contributed by atoms with E-state index in [0.29, 0.717) is 15.6 Å². The van der Waals surface area contributed by atoms with Gasteiger partial charge in [-0.05, 0) is 23.6 Å². The van der Waals surface area contributed by atoms with Crippen LogP contribution in [0.1, 0.15) is 16.7 Å². The third kappa shape index (κ3) is 1.99. The first-order valence-corrected chi connectivity index (χ1v) is 6.64. The van der Waals surface area contributed by atoms with E-state index in [1.807, 2.05) is 29.6 Å². The Morgan fingerprint density at radius 3 is 2.67 bits per heavy atom. The molecule has 0 saturated heterocycles. The lowest BCUT2D eigenvalue weighted by Crippen LogP contribution is -2.02. The molecule has 3 rings (SSSR count). The first-order valence-electron chi connectivity index (χ1n) is 5.38. The Hall–Kier alpha value is -1.49. The molecular weight excluding hydrogens is 268 g/mol. The number of aliphatic hydroxyl groups is 1. The molecule has 0 spiro atoms. The Morgan fingerprint density at radius 2 is 1.94 bits per heavy atom. The molecule has 0 fully saturated rings. The van der Waals surface area contributed by atoms with Crippen LogP contribution in [-0.2, 0) is 0 Å². The summed E-state index contributed by atoms with van der Waals surface area (Å²) < 4.78 is 0. The number of hydrogen-bond acceptors (Lipinski definition) is 4. The number of nitrogens with zero attached hydrogens (tertiary/aromatic N) is 2. The number of para-hydroxylation sites is 2. The van der Waals surface area contributed by atoms with E-state index < -0.39 is 6.10 Å². The molecule has 5 heteroatoms. The van der Waals surface area contributed by atoms with E-state index in [9.17, 15) is 5.11 Å². The molecule has 0 radical (unpaired) electrons. The summed E-state index contributed by atoms with van der Waals surface area (Å²) in [5.41, 5.74) is 2.09. The molecule has 0 aliphatic carbocycles. The van der Waals surface area contributed by atoms with Crippen molar-refractivity contribution in [2.45, 2.75) is 6.10 Å². The fourth-order valence-corrected chi connectivity index (χ4v) is 2.89. The van der Waals surface area contributed by atoms with Crippen molar-refractivity contribution in [2.24, 2.45) is 0 Å². The molecule has 0 bridgehead atoms. The molecule has 0 aliphatic heterocycles. The molecule has 18 heavy (non-hydrogen) atoms. The molecular formula is C13H9ClN2OS. The van der Waals surface area contributed by atoms with Crippen LogP contribution in [0.3, 0.4) is 0 Å². The number of thiophene rings is 1. The maximum atomic E-state index is 10.2. The molecule has 0 amide bonds. The largest absolute Gasteiger partial charge is 0.381 e. The molecule has 2 aromatic heterocycles. The number of aliphatic hydroxyl groups excluding tert-OH is 1. The zero-order valence-corrected chi connectivity index (χ0v) is 10.8. The van der Waals surface area contributed by atoms with E-state index in [1.54, 1.807) is 12.3 Å². The average molecular weight is 277 g/mol. The van der Waals surface area contributed by atoms with Gasteiger partial charge in [-0.3, -0.25) is 4.98 Å². The van der Waals surface area contributed by atoms with E-state index in [2.05, 4.69) is 9.97 Å². The van der Waals surface area contributed by atoms with Crippen molar-refractivity contribution in [1.29, 1.82) is 0 Å². The van der Waals surface area contributed by atoms with Crippen LogP contribution >= 0.6 is 22.9 Å². The normalized spacial score (nSPS) is 12.8. The van der Waals surface area contributed by atoms with Gasteiger partial charge in [0.1, 0.15) is 6.10 Å². The van der Waals surface area contributed by atoms with Gasteiger partial charge in [0, 0.05) is 0 Å². The van der Waals surface area contributed by atoms with Crippen molar-refractivity contribution in [1.82, 2.24) is 9.97 Å². The molecule has 1 N–H and O–H groups in total. The fraction of sp³-hybridized carbons (Fsp3) is 0.0769. The summed E-state index contributed by atoms with van der Waals surface area (Å²) in [7, 11) is 0. The van der Waals surface area contributed by atoms with Crippen LogP contribution in [0.2, 0.25) is 5.02 Å². The molecule has 90 valence electrons. The van der Waals surface area contributed by atoms with Crippen molar-refractivity contribution in [3.05, 3.63) is 57.5 Å². The minimum absolute atomic E-state index is 0.512. The van der Waals surface area contributed by atoms with Crippen LogP contribution in [0, 0.1) is 0 Å². The third-order valence-corrected chi connectivity index (χ3v) is 4.05. The van der Waals surface area contributed by atoms with Gasteiger partial charge < -0.3 is 5.11 Å². The van der Waals surface area contributed by atoms with Crippen LogP contribution in [0.25, 0.3) is 11.0 Å². The van der Waals surface area contributed by atoms with Crippen molar-refractivity contribution in [3.63, 3.8) is 0 Å². The van der Waals surface area contributed by atoms with Gasteiger partial charge in [-0.25, -0.2) is 4.98 Å². The van der Waals surface area contributed by atoms with Gasteiger partial charge in [0.2, 0.25) is 0 Å². The highest BCUT2D eigenvalue weighted by molar-refractivity contribution is 7.10. The summed E-state index contributed by atoms with van der Waals surface area (Å²) in [4.78, 5) is 9.38. The molecule has 0 aliphatic rings. The van der Waals surface area contributed by atoms with E-state index in [0.717, 1.165) is 11.0 Å². The molecule has 1 atom stereocenters. The Kier molecular flexibility index (Phi) is 2.99. The Labute approximate surface area is 113 Å². The average Bonchev–Trinajstić information content (AvgIpc) is 2.83. The second-order valence-electron chi connectivity index (χ2n) is 3.82. The van der Waals surface area contributed by atoms with Crippen molar-refractivity contribution in [3.8, 4) is 0 Å². The maximum absolute atomic E-state index is 10.2. The highest BCUT2D eigenvalue weighted by atomic mass is 35.5. The summed E-state index contributed by atoms with van der Waals surface area (Å²) in [6, 6.07) is 9.32. The summed E-state index contributed by atoms with van der Waals surface area (Å²) in [6.45, 7) is 0. The summed E-state index contributed by atoms with van der Waals surface area (Å²) in [5.74, 6) is 0. The smallest absolute Gasteiger partial charge is 0.133 e. The summed E-state index contributed by atoms with van der Waals surface area (Å²) in [5, 5.41) is 12.6. The minimum atomic E-state index is -0.824. The third-order valence-electron chi connectivity index (χ3n) is 2.64.